The SMILES string of the molecule is C[C@H](c1cocn1)C(C)(C)C. The van der Waals surface area contributed by atoms with Crippen LogP contribution in [-0.4, -0.2) is 4.98 Å². The summed E-state index contributed by atoms with van der Waals surface area (Å²) in [5.41, 5.74) is 1.30. The van der Waals surface area contributed by atoms with Crippen LogP contribution >= 0.6 is 0 Å². The lowest BCUT2D eigenvalue weighted by molar-refractivity contribution is 0.333. The lowest BCUT2D eigenvalue weighted by Crippen LogP contribution is -2.15. The van der Waals surface area contributed by atoms with Crippen molar-refractivity contribution in [3.8, 4) is 0 Å². The third-order valence-corrected chi connectivity index (χ3v) is 2.19. The van der Waals surface area contributed by atoms with E-state index < -0.39 is 0 Å². The van der Waals surface area contributed by atoms with Gasteiger partial charge in [-0.05, 0) is 5.41 Å². The molecule has 0 saturated heterocycles. The molecule has 1 rings (SSSR count). The van der Waals surface area contributed by atoms with E-state index in [9.17, 15) is 0 Å². The zero-order valence-electron chi connectivity index (χ0n) is 7.59. The Morgan fingerprint density at radius 2 is 2.09 bits per heavy atom. The van der Waals surface area contributed by atoms with Gasteiger partial charge in [0.25, 0.3) is 0 Å². The molecule has 0 aromatic carbocycles. The molecule has 1 heterocycles. The minimum absolute atomic E-state index is 0.261. The van der Waals surface area contributed by atoms with Crippen LogP contribution < -0.4 is 0 Å². The van der Waals surface area contributed by atoms with Gasteiger partial charge in [0, 0.05) is 5.92 Å². The number of hydrogen-bond acceptors (Lipinski definition) is 2. The summed E-state index contributed by atoms with van der Waals surface area (Å²) in [5.74, 6) is 0.446. The van der Waals surface area contributed by atoms with E-state index in [2.05, 4.69) is 32.7 Å². The van der Waals surface area contributed by atoms with Crippen LogP contribution in [-0.2, 0) is 0 Å². The maximum absolute atomic E-state index is 4.92. The van der Waals surface area contributed by atoms with E-state index >= 15 is 0 Å². The monoisotopic (exact) mass is 153 g/mol. The molecule has 0 radical (unpaired) electrons. The highest BCUT2D eigenvalue weighted by Crippen LogP contribution is 2.32. The van der Waals surface area contributed by atoms with E-state index in [1.54, 1.807) is 6.26 Å². The third kappa shape index (κ3) is 1.82. The van der Waals surface area contributed by atoms with Gasteiger partial charge in [0.15, 0.2) is 6.39 Å². The fourth-order valence-corrected chi connectivity index (χ4v) is 0.879. The molecule has 0 aliphatic heterocycles. The van der Waals surface area contributed by atoms with Gasteiger partial charge in [0.1, 0.15) is 6.26 Å². The minimum atomic E-state index is 0.261. The fraction of sp³-hybridized carbons (Fsp3) is 0.667. The first-order chi connectivity index (χ1) is 5.02. The number of oxazole rings is 1. The Morgan fingerprint density at radius 3 is 2.45 bits per heavy atom. The molecule has 0 bridgehead atoms. The molecule has 2 nitrogen and oxygen atoms in total. The van der Waals surface area contributed by atoms with E-state index in [0.29, 0.717) is 5.92 Å². The Morgan fingerprint density at radius 1 is 1.45 bits per heavy atom. The topological polar surface area (TPSA) is 26.0 Å². The zero-order valence-corrected chi connectivity index (χ0v) is 7.59. The summed E-state index contributed by atoms with van der Waals surface area (Å²) in [4.78, 5) is 4.12. The van der Waals surface area contributed by atoms with Gasteiger partial charge in [-0.3, -0.25) is 0 Å². The summed E-state index contributed by atoms with van der Waals surface area (Å²) < 4.78 is 4.92. The first-order valence-electron chi connectivity index (χ1n) is 3.90. The van der Waals surface area contributed by atoms with Crippen LogP contribution in [0.15, 0.2) is 17.1 Å². The first kappa shape index (κ1) is 8.31. The van der Waals surface area contributed by atoms with Crippen molar-refractivity contribution in [2.75, 3.05) is 0 Å². The van der Waals surface area contributed by atoms with E-state index in [4.69, 9.17) is 4.42 Å². The van der Waals surface area contributed by atoms with Gasteiger partial charge >= 0.3 is 0 Å². The van der Waals surface area contributed by atoms with Gasteiger partial charge in [0.05, 0.1) is 5.69 Å². The second-order valence-corrected chi connectivity index (χ2v) is 4.00. The molecule has 0 unspecified atom stereocenters. The van der Waals surface area contributed by atoms with Crippen LogP contribution in [0.25, 0.3) is 0 Å². The molecule has 0 aliphatic carbocycles. The Labute approximate surface area is 67.6 Å². The van der Waals surface area contributed by atoms with Crippen molar-refractivity contribution in [1.29, 1.82) is 0 Å². The van der Waals surface area contributed by atoms with Crippen LogP contribution in [0.5, 0.6) is 0 Å². The van der Waals surface area contributed by atoms with Crippen LogP contribution in [0.1, 0.15) is 39.3 Å². The molecule has 62 valence electrons. The third-order valence-electron chi connectivity index (χ3n) is 2.19. The molecule has 0 saturated carbocycles. The predicted molar refractivity (Wildman–Crippen MR) is 44.4 cm³/mol. The minimum Gasteiger partial charge on any atom is -0.451 e. The number of nitrogens with zero attached hydrogens (tertiary/aromatic N) is 1. The van der Waals surface area contributed by atoms with Crippen LogP contribution in [0.3, 0.4) is 0 Å². The Hall–Kier alpha value is -0.790. The smallest absolute Gasteiger partial charge is 0.180 e. The summed E-state index contributed by atoms with van der Waals surface area (Å²) >= 11 is 0. The van der Waals surface area contributed by atoms with Gasteiger partial charge in [-0.1, -0.05) is 27.7 Å². The van der Waals surface area contributed by atoms with Gasteiger partial charge in [0.2, 0.25) is 0 Å². The number of hydrogen-bond donors (Lipinski definition) is 0. The number of aromatic nitrogens is 1. The Kier molecular flexibility index (Phi) is 2.03. The fourth-order valence-electron chi connectivity index (χ4n) is 0.879. The molecule has 1 atom stereocenters. The van der Waals surface area contributed by atoms with Crippen molar-refractivity contribution in [1.82, 2.24) is 4.98 Å². The molecule has 1 aromatic rings. The maximum Gasteiger partial charge on any atom is 0.180 e. The van der Waals surface area contributed by atoms with Gasteiger partial charge in [-0.15, -0.1) is 0 Å². The molecule has 0 spiro atoms. The molecule has 0 fully saturated rings. The van der Waals surface area contributed by atoms with Gasteiger partial charge in [-0.25, -0.2) is 4.98 Å². The van der Waals surface area contributed by atoms with Crippen molar-refractivity contribution in [2.45, 2.75) is 33.6 Å². The Bertz CT molecular complexity index is 208. The molecular weight excluding hydrogens is 138 g/mol. The average molecular weight is 153 g/mol. The van der Waals surface area contributed by atoms with E-state index in [-0.39, 0.29) is 5.41 Å². The average Bonchev–Trinajstić information content (AvgIpc) is 2.34. The van der Waals surface area contributed by atoms with Crippen LogP contribution in [0.4, 0.5) is 0 Å². The molecule has 2 heteroatoms. The zero-order chi connectivity index (χ0) is 8.48. The van der Waals surface area contributed by atoms with Crippen LogP contribution in [0.2, 0.25) is 0 Å². The van der Waals surface area contributed by atoms with Crippen molar-refractivity contribution < 1.29 is 4.42 Å². The summed E-state index contributed by atoms with van der Waals surface area (Å²) in [5, 5.41) is 0. The molecule has 11 heavy (non-hydrogen) atoms. The van der Waals surface area contributed by atoms with E-state index in [1.807, 2.05) is 0 Å². The first-order valence-corrected chi connectivity index (χ1v) is 3.90. The normalized spacial score (nSPS) is 14.9. The van der Waals surface area contributed by atoms with Gasteiger partial charge < -0.3 is 4.42 Å². The summed E-state index contributed by atoms with van der Waals surface area (Å²) in [7, 11) is 0. The van der Waals surface area contributed by atoms with Crippen molar-refractivity contribution in [2.24, 2.45) is 5.41 Å². The molecular formula is C9H15NO. The maximum atomic E-state index is 4.92. The summed E-state index contributed by atoms with van der Waals surface area (Å²) in [6.45, 7) is 8.77. The lowest BCUT2D eigenvalue weighted by Gasteiger charge is -2.24. The highest BCUT2D eigenvalue weighted by Gasteiger charge is 2.23. The van der Waals surface area contributed by atoms with E-state index in [1.165, 1.54) is 6.39 Å². The van der Waals surface area contributed by atoms with Gasteiger partial charge in [-0.2, -0.15) is 0 Å². The lowest BCUT2D eigenvalue weighted by atomic mass is 9.80. The second-order valence-electron chi connectivity index (χ2n) is 4.00. The second kappa shape index (κ2) is 2.68. The number of rotatable bonds is 1. The van der Waals surface area contributed by atoms with Crippen molar-refractivity contribution in [3.05, 3.63) is 18.4 Å². The molecule has 0 aliphatic rings. The molecule has 0 amide bonds. The largest absolute Gasteiger partial charge is 0.451 e. The summed E-state index contributed by atoms with van der Waals surface area (Å²) in [6, 6.07) is 0. The van der Waals surface area contributed by atoms with E-state index in [0.717, 1.165) is 5.69 Å². The molecule has 1 aromatic heterocycles. The predicted octanol–water partition coefficient (Wildman–Crippen LogP) is 2.82. The van der Waals surface area contributed by atoms with Crippen molar-refractivity contribution in [3.63, 3.8) is 0 Å². The van der Waals surface area contributed by atoms with Crippen molar-refractivity contribution >= 4 is 0 Å². The quantitative estimate of drug-likeness (QED) is 0.620. The summed E-state index contributed by atoms with van der Waals surface area (Å²) in [6.07, 6.45) is 3.20. The highest BCUT2D eigenvalue weighted by atomic mass is 16.3. The van der Waals surface area contributed by atoms with Crippen LogP contribution in [0, 0.1) is 5.41 Å². The molecule has 0 N–H and O–H groups in total. The highest BCUT2D eigenvalue weighted by molar-refractivity contribution is 5.03. The Balaban J connectivity index is 2.78. The standard InChI is InChI=1S/C9H15NO/c1-7(9(2,3)4)8-5-11-6-10-8/h5-7H,1-4H3/t7-/m1/s1.